The van der Waals surface area contributed by atoms with Crippen molar-refractivity contribution in [3.63, 3.8) is 0 Å². The van der Waals surface area contributed by atoms with Crippen molar-refractivity contribution < 1.29 is 18.9 Å². The summed E-state index contributed by atoms with van der Waals surface area (Å²) >= 11 is 12.6. The molecule has 0 aliphatic heterocycles. The van der Waals surface area contributed by atoms with E-state index in [4.69, 9.17) is 53.3 Å². The lowest BCUT2D eigenvalue weighted by Crippen LogP contribution is -1.99. The van der Waals surface area contributed by atoms with E-state index in [1.165, 1.54) is 53.5 Å². The van der Waals surface area contributed by atoms with Gasteiger partial charge in [0.1, 0.15) is 61.4 Å². The van der Waals surface area contributed by atoms with E-state index >= 15 is 0 Å². The molecular weight excluding hydrogens is 1110 g/mol. The molecule has 378 valence electrons. The van der Waals surface area contributed by atoms with Crippen molar-refractivity contribution in [2.45, 2.75) is 39.7 Å². The fourth-order valence-corrected chi connectivity index (χ4v) is 11.6. The van der Waals surface area contributed by atoms with Gasteiger partial charge in [-0.15, -0.1) is 34.0 Å². The van der Waals surface area contributed by atoms with E-state index in [0.29, 0.717) is 80.0 Å². The summed E-state index contributed by atoms with van der Waals surface area (Å²) in [6, 6.07) is 24.1. The van der Waals surface area contributed by atoms with E-state index in [1.54, 1.807) is 55.3 Å². The van der Waals surface area contributed by atoms with Crippen molar-refractivity contribution in [2.24, 2.45) is 0 Å². The van der Waals surface area contributed by atoms with Crippen LogP contribution in [0.15, 0.2) is 115 Å². The topological polar surface area (TPSA) is 309 Å². The minimum absolute atomic E-state index is 0.362. The average Bonchev–Trinajstić information content (AvgIpc) is 4.17. The molecule has 26 heteroatoms. The molecule has 9 aromatic rings. The number of methoxy groups -OCH3 is 3. The van der Waals surface area contributed by atoms with Crippen LogP contribution in [-0.4, -0.2) is 72.8 Å². The van der Waals surface area contributed by atoms with E-state index in [-0.39, 0.29) is 0 Å². The van der Waals surface area contributed by atoms with Gasteiger partial charge in [-0.25, -0.2) is 44.9 Å². The number of thioether (sulfide) groups is 3. The fraction of sp³-hybridized carbons (Fsp3) is 0.170. The Morgan fingerprint density at radius 2 is 0.863 bits per heavy atom. The largest absolute Gasteiger partial charge is 0.497 e. The van der Waals surface area contributed by atoms with Crippen molar-refractivity contribution in [1.82, 2.24) is 44.9 Å². The Balaban J connectivity index is 0.000000161. The van der Waals surface area contributed by atoms with Crippen LogP contribution in [0.25, 0.3) is 31.7 Å². The number of benzene rings is 3. The molecule has 73 heavy (non-hydrogen) atoms. The number of nitrogens with zero attached hydrogens (tertiary/aromatic N) is 9. The maximum atomic E-state index is 5.69. The van der Waals surface area contributed by atoms with Crippen molar-refractivity contribution in [1.29, 1.82) is 0 Å². The Morgan fingerprint density at radius 3 is 1.30 bits per heavy atom. The molecule has 19 nitrogen and oxygen atoms in total. The fourth-order valence-electron chi connectivity index (χ4n) is 6.16. The Kier molecular flexibility index (Phi) is 19.5. The van der Waals surface area contributed by atoms with Crippen molar-refractivity contribution >= 4 is 120 Å². The standard InChI is InChI=1S/C17H19N5O2S2.C15H14BrN5OS2.C15H15N5OS2/c1-3-24-12-5-4-10(6-13(12)23-2)16-20-11(8-25-16)9-26-17-21-14(18)7-15(19)22-17;1-22-11-3-2-8(16)4-10(11)14-19-9(6-23-14)7-24-15-20-12(17)5-13(18)21-15;1-21-11-4-2-9(3-5-11)14-18-10(7-22-14)8-23-15-19-12(16)6-13(17)20-15/h4-8H,3,9H2,1-2H3,(H4,18,19,21,22);2-6H,7H2,1H3,(H4,17,18,20,21);2-7H,8H2,1H3,(H4,16,17,19,20). The Hall–Kier alpha value is -6.68. The summed E-state index contributed by atoms with van der Waals surface area (Å²) in [5.41, 5.74) is 39.9. The molecule has 0 atom stereocenters. The normalized spacial score (nSPS) is 10.7. The molecule has 9 rings (SSSR count). The lowest BCUT2D eigenvalue weighted by Gasteiger charge is -2.09. The van der Waals surface area contributed by atoms with Crippen LogP contribution in [0.5, 0.6) is 23.0 Å². The summed E-state index contributed by atoms with van der Waals surface area (Å²) in [5.74, 6) is 7.16. The van der Waals surface area contributed by atoms with Gasteiger partial charge in [-0.3, -0.25) is 0 Å². The summed E-state index contributed by atoms with van der Waals surface area (Å²) < 4.78 is 22.5. The van der Waals surface area contributed by atoms with Crippen LogP contribution in [-0.2, 0) is 17.3 Å². The van der Waals surface area contributed by atoms with Crippen LogP contribution in [0.4, 0.5) is 34.9 Å². The molecule has 0 fully saturated rings. The maximum absolute atomic E-state index is 5.69. The van der Waals surface area contributed by atoms with E-state index in [9.17, 15) is 0 Å². The predicted octanol–water partition coefficient (Wildman–Crippen LogP) is 10.4. The first-order valence-corrected chi connectivity index (χ1v) is 27.9. The van der Waals surface area contributed by atoms with Crippen molar-refractivity contribution in [3.8, 4) is 54.7 Å². The van der Waals surface area contributed by atoms with Crippen LogP contribution >= 0.6 is 85.2 Å². The van der Waals surface area contributed by atoms with Gasteiger partial charge in [0.25, 0.3) is 0 Å². The van der Waals surface area contributed by atoms with E-state index in [2.05, 4.69) is 60.8 Å². The Morgan fingerprint density at radius 1 is 0.452 bits per heavy atom. The Labute approximate surface area is 453 Å². The number of thiazole rings is 3. The minimum Gasteiger partial charge on any atom is -0.497 e. The predicted molar refractivity (Wildman–Crippen MR) is 302 cm³/mol. The number of rotatable bonds is 17. The highest BCUT2D eigenvalue weighted by atomic mass is 79.9. The average molecular weight is 1160 g/mol. The van der Waals surface area contributed by atoms with Gasteiger partial charge in [-0.2, -0.15) is 0 Å². The van der Waals surface area contributed by atoms with Crippen LogP contribution in [0.2, 0.25) is 0 Å². The molecule has 0 aliphatic rings. The highest BCUT2D eigenvalue weighted by Gasteiger charge is 2.14. The number of hydrogen-bond donors (Lipinski definition) is 6. The number of nitrogen functional groups attached to an aromatic ring is 6. The summed E-state index contributed by atoms with van der Waals surface area (Å²) in [7, 11) is 4.93. The third-order valence-electron chi connectivity index (χ3n) is 9.38. The number of hydrogen-bond acceptors (Lipinski definition) is 25. The number of anilines is 6. The number of nitrogens with two attached hydrogens (primary N) is 6. The van der Waals surface area contributed by atoms with E-state index in [0.717, 1.165) is 70.5 Å². The molecule has 0 aliphatic carbocycles. The van der Waals surface area contributed by atoms with Crippen LogP contribution in [0.3, 0.4) is 0 Å². The second-order valence-corrected chi connectivity index (χ2v) is 21.0. The molecular formula is C47H48BrN15O4S6. The summed E-state index contributed by atoms with van der Waals surface area (Å²) in [4.78, 5) is 38.9. The van der Waals surface area contributed by atoms with E-state index in [1.807, 2.05) is 83.7 Å². The highest BCUT2D eigenvalue weighted by molar-refractivity contribution is 9.10. The number of ether oxygens (including phenoxy) is 4. The first-order chi connectivity index (χ1) is 35.3. The monoisotopic (exact) mass is 1160 g/mol. The third-order valence-corrected chi connectivity index (χ3v) is 15.3. The molecule has 0 radical (unpaired) electrons. The third kappa shape index (κ3) is 15.9. The van der Waals surface area contributed by atoms with Gasteiger partial charge in [-0.1, -0.05) is 51.2 Å². The first-order valence-electron chi connectivity index (χ1n) is 21.5. The van der Waals surface area contributed by atoms with Gasteiger partial charge in [0.2, 0.25) is 0 Å². The second kappa shape index (κ2) is 26.3. The second-order valence-electron chi connectivity index (χ2n) is 14.7. The summed E-state index contributed by atoms with van der Waals surface area (Å²) in [6.45, 7) is 2.53. The quantitative estimate of drug-likeness (QED) is 0.0365. The molecule has 0 saturated carbocycles. The van der Waals surface area contributed by atoms with Gasteiger partial charge < -0.3 is 53.3 Å². The van der Waals surface area contributed by atoms with Gasteiger partial charge in [0, 0.05) is 67.2 Å². The molecule has 0 spiro atoms. The lowest BCUT2D eigenvalue weighted by atomic mass is 10.2. The zero-order valence-corrected chi connectivity index (χ0v) is 46.0. The van der Waals surface area contributed by atoms with Gasteiger partial charge >= 0.3 is 0 Å². The van der Waals surface area contributed by atoms with Crippen molar-refractivity contribution in [2.75, 3.05) is 62.3 Å². The van der Waals surface area contributed by atoms with Gasteiger partial charge in [-0.05, 0) is 67.6 Å². The lowest BCUT2D eigenvalue weighted by molar-refractivity contribution is 0.311. The Bertz CT molecular complexity index is 3190. The van der Waals surface area contributed by atoms with E-state index < -0.39 is 0 Å². The number of halogens is 1. The van der Waals surface area contributed by atoms with Crippen LogP contribution < -0.4 is 53.3 Å². The highest BCUT2D eigenvalue weighted by Crippen LogP contribution is 2.37. The smallest absolute Gasteiger partial charge is 0.191 e. The minimum atomic E-state index is 0.362. The van der Waals surface area contributed by atoms with Crippen molar-refractivity contribution in [3.05, 3.63) is 117 Å². The van der Waals surface area contributed by atoms with Gasteiger partial charge in [0.15, 0.2) is 27.0 Å². The zero-order chi connectivity index (χ0) is 51.9. The molecule has 6 aromatic heterocycles. The molecule has 0 unspecified atom stereocenters. The number of aromatic nitrogens is 9. The summed E-state index contributed by atoms with van der Waals surface area (Å²) in [6.07, 6.45) is 0. The molecule has 6 heterocycles. The SMILES string of the molecule is CCOc1ccc(-c2nc(CSc3nc(N)cc(N)n3)cs2)cc1OC.COc1ccc(-c2nc(CSc3nc(N)cc(N)n3)cs2)cc1.COc1ccc(Br)cc1-c1nc(CSc2nc(N)cc(N)n2)cs1. The van der Waals surface area contributed by atoms with Crippen LogP contribution in [0.1, 0.15) is 24.0 Å². The first kappa shape index (κ1) is 54.1. The molecule has 0 bridgehead atoms. The van der Waals surface area contributed by atoms with Crippen LogP contribution in [0, 0.1) is 0 Å². The molecule has 0 amide bonds. The molecule has 3 aromatic carbocycles. The molecule has 12 N–H and O–H groups in total. The maximum Gasteiger partial charge on any atom is 0.191 e. The zero-order valence-electron chi connectivity index (χ0n) is 39.5. The molecule has 0 saturated heterocycles. The van der Waals surface area contributed by atoms with Gasteiger partial charge in [0.05, 0.1) is 50.6 Å². The summed E-state index contributed by atoms with van der Waals surface area (Å²) in [5, 5.41) is 10.5.